The highest BCUT2D eigenvalue weighted by Crippen LogP contribution is 2.32. The van der Waals surface area contributed by atoms with Crippen LogP contribution in [0.1, 0.15) is 10.4 Å². The fourth-order valence-corrected chi connectivity index (χ4v) is 3.00. The molecule has 0 aliphatic carbocycles. The number of H-pyrrole nitrogens is 1. The largest absolute Gasteiger partial charge is 0.478 e. The number of nitrogens with zero attached hydrogens (tertiary/aromatic N) is 3. The lowest BCUT2D eigenvalue weighted by Crippen LogP contribution is -1.97. The number of aromatic nitrogens is 4. The summed E-state index contributed by atoms with van der Waals surface area (Å²) >= 11 is 0. The molecule has 0 saturated heterocycles. The molecule has 3 heterocycles. The van der Waals surface area contributed by atoms with Crippen LogP contribution in [-0.4, -0.2) is 37.6 Å². The minimum absolute atomic E-state index is 0.108. The molecule has 0 atom stereocenters. The lowest BCUT2D eigenvalue weighted by molar-refractivity contribution is 0.0696. The van der Waals surface area contributed by atoms with Gasteiger partial charge in [0.25, 0.3) is 0 Å². The predicted molar refractivity (Wildman–Crippen MR) is 92.3 cm³/mol. The van der Waals surface area contributed by atoms with E-state index in [4.69, 9.17) is 5.11 Å². The molecule has 0 unspecified atom stereocenters. The molecule has 8 heteroatoms. The van der Waals surface area contributed by atoms with Gasteiger partial charge in [0.2, 0.25) is 0 Å². The zero-order valence-corrected chi connectivity index (χ0v) is 13.5. The SMILES string of the molecule is CNc1nc2[nH]c(-c3cc(F)cc(C(=O)O)c3)cc2c2c1ncn2C. The van der Waals surface area contributed by atoms with Crippen molar-refractivity contribution in [2.24, 2.45) is 7.05 Å². The van der Waals surface area contributed by atoms with Gasteiger partial charge in [-0.2, -0.15) is 0 Å². The van der Waals surface area contributed by atoms with Crippen molar-refractivity contribution in [3.8, 4) is 11.3 Å². The van der Waals surface area contributed by atoms with Crippen LogP contribution in [0.15, 0.2) is 30.6 Å². The van der Waals surface area contributed by atoms with E-state index in [0.29, 0.717) is 22.7 Å². The summed E-state index contributed by atoms with van der Waals surface area (Å²) in [5.41, 5.74) is 3.14. The average Bonchev–Trinajstić information content (AvgIpc) is 3.17. The molecule has 0 aliphatic rings. The third-order valence-electron chi connectivity index (χ3n) is 4.13. The molecular weight excluding hydrogens is 325 g/mol. The molecule has 0 saturated carbocycles. The molecule has 4 rings (SSSR count). The molecule has 3 aromatic heterocycles. The van der Waals surface area contributed by atoms with E-state index in [-0.39, 0.29) is 5.56 Å². The number of anilines is 1. The highest BCUT2D eigenvalue weighted by atomic mass is 19.1. The number of hydrogen-bond donors (Lipinski definition) is 3. The molecule has 0 amide bonds. The molecule has 7 nitrogen and oxygen atoms in total. The van der Waals surface area contributed by atoms with Gasteiger partial charge in [0, 0.05) is 30.7 Å². The molecule has 25 heavy (non-hydrogen) atoms. The van der Waals surface area contributed by atoms with Gasteiger partial charge >= 0.3 is 5.97 Å². The average molecular weight is 339 g/mol. The first kappa shape index (κ1) is 15.1. The number of carbonyl (C=O) groups is 1. The second kappa shape index (κ2) is 5.30. The van der Waals surface area contributed by atoms with Gasteiger partial charge in [-0.3, -0.25) is 0 Å². The van der Waals surface area contributed by atoms with Gasteiger partial charge < -0.3 is 20.0 Å². The third-order valence-corrected chi connectivity index (χ3v) is 4.13. The number of aromatic amines is 1. The van der Waals surface area contributed by atoms with Crippen LogP contribution in [0.3, 0.4) is 0 Å². The Morgan fingerprint density at radius 1 is 1.32 bits per heavy atom. The van der Waals surface area contributed by atoms with Crippen molar-refractivity contribution in [3.05, 3.63) is 42.0 Å². The monoisotopic (exact) mass is 339 g/mol. The minimum atomic E-state index is -1.18. The van der Waals surface area contributed by atoms with E-state index in [1.807, 2.05) is 17.7 Å². The zero-order valence-electron chi connectivity index (χ0n) is 13.5. The van der Waals surface area contributed by atoms with Crippen molar-refractivity contribution in [2.75, 3.05) is 12.4 Å². The summed E-state index contributed by atoms with van der Waals surface area (Å²) in [5, 5.41) is 13.0. The lowest BCUT2D eigenvalue weighted by Gasteiger charge is -2.02. The summed E-state index contributed by atoms with van der Waals surface area (Å²) < 4.78 is 15.7. The summed E-state index contributed by atoms with van der Waals surface area (Å²) in [4.78, 5) is 23.2. The summed E-state index contributed by atoms with van der Waals surface area (Å²) in [6.07, 6.45) is 1.70. The molecule has 0 spiro atoms. The maximum absolute atomic E-state index is 13.8. The number of halogens is 1. The first-order valence-corrected chi connectivity index (χ1v) is 7.53. The molecule has 1 aromatic carbocycles. The fourth-order valence-electron chi connectivity index (χ4n) is 3.00. The molecule has 0 radical (unpaired) electrons. The van der Waals surface area contributed by atoms with Gasteiger partial charge in [-0.25, -0.2) is 19.2 Å². The Balaban J connectivity index is 2.00. The Bertz CT molecular complexity index is 1150. The number of aromatic carboxylic acids is 1. The Hall–Kier alpha value is -3.42. The Kier molecular flexibility index (Phi) is 3.21. The van der Waals surface area contributed by atoms with Gasteiger partial charge in [0.05, 0.1) is 17.4 Å². The van der Waals surface area contributed by atoms with Crippen LogP contribution >= 0.6 is 0 Å². The molecule has 126 valence electrons. The molecule has 0 fully saturated rings. The number of hydrogen-bond acceptors (Lipinski definition) is 4. The molecule has 3 N–H and O–H groups in total. The number of rotatable bonds is 3. The van der Waals surface area contributed by atoms with Crippen LogP contribution in [0.25, 0.3) is 33.3 Å². The Morgan fingerprint density at radius 2 is 2.12 bits per heavy atom. The number of nitrogens with one attached hydrogen (secondary N) is 2. The van der Waals surface area contributed by atoms with E-state index in [9.17, 15) is 9.18 Å². The van der Waals surface area contributed by atoms with Crippen LogP contribution in [0.2, 0.25) is 0 Å². The summed E-state index contributed by atoms with van der Waals surface area (Å²) in [7, 11) is 3.64. The Labute approximate surface area is 141 Å². The zero-order chi connectivity index (χ0) is 17.7. The standard InChI is InChI=1S/C17H14FN5O2/c1-19-16-13-14(23(2)7-20-13)11-6-12(21-15(11)22-16)8-3-9(17(24)25)5-10(18)4-8/h3-7H,1-2H3,(H,24,25)(H2,19,21,22). The fraction of sp³-hybridized carbons (Fsp3) is 0.118. The normalized spacial score (nSPS) is 11.3. The number of aryl methyl sites for hydroxylation is 1. The molecule has 0 bridgehead atoms. The van der Waals surface area contributed by atoms with Crippen molar-refractivity contribution < 1.29 is 14.3 Å². The van der Waals surface area contributed by atoms with Gasteiger partial charge in [-0.15, -0.1) is 0 Å². The first-order valence-electron chi connectivity index (χ1n) is 7.53. The maximum Gasteiger partial charge on any atom is 0.335 e. The quantitative estimate of drug-likeness (QED) is 0.533. The van der Waals surface area contributed by atoms with E-state index in [0.717, 1.165) is 22.5 Å². The minimum Gasteiger partial charge on any atom is -0.478 e. The van der Waals surface area contributed by atoms with E-state index in [1.54, 1.807) is 13.4 Å². The van der Waals surface area contributed by atoms with Gasteiger partial charge in [0.1, 0.15) is 17.0 Å². The van der Waals surface area contributed by atoms with Crippen molar-refractivity contribution in [1.82, 2.24) is 19.5 Å². The van der Waals surface area contributed by atoms with Crippen LogP contribution < -0.4 is 5.32 Å². The Morgan fingerprint density at radius 3 is 2.84 bits per heavy atom. The second-order valence-corrected chi connectivity index (χ2v) is 5.74. The van der Waals surface area contributed by atoms with Gasteiger partial charge in [-0.1, -0.05) is 0 Å². The first-order chi connectivity index (χ1) is 12.0. The van der Waals surface area contributed by atoms with Crippen LogP contribution in [0.4, 0.5) is 10.2 Å². The smallest absolute Gasteiger partial charge is 0.335 e. The number of imidazole rings is 1. The maximum atomic E-state index is 13.8. The van der Waals surface area contributed by atoms with E-state index < -0.39 is 11.8 Å². The van der Waals surface area contributed by atoms with E-state index >= 15 is 0 Å². The van der Waals surface area contributed by atoms with Gasteiger partial charge in [-0.05, 0) is 24.3 Å². The molecule has 4 aromatic rings. The molecule has 0 aliphatic heterocycles. The summed E-state index contributed by atoms with van der Waals surface area (Å²) in [5.74, 6) is -1.16. The highest BCUT2D eigenvalue weighted by Gasteiger charge is 2.16. The number of benzene rings is 1. The molecular formula is C17H14FN5O2. The number of pyridine rings is 1. The van der Waals surface area contributed by atoms with Crippen molar-refractivity contribution in [3.63, 3.8) is 0 Å². The summed E-state index contributed by atoms with van der Waals surface area (Å²) in [6, 6.07) is 5.53. The predicted octanol–water partition coefficient (Wildman–Crippen LogP) is 3.00. The number of fused-ring (bicyclic) bond motifs is 3. The topological polar surface area (TPSA) is 95.8 Å². The van der Waals surface area contributed by atoms with Crippen LogP contribution in [0, 0.1) is 5.82 Å². The second-order valence-electron chi connectivity index (χ2n) is 5.74. The highest BCUT2D eigenvalue weighted by molar-refractivity contribution is 6.07. The number of carboxylic acid groups (broad SMARTS) is 1. The van der Waals surface area contributed by atoms with Crippen LogP contribution in [0.5, 0.6) is 0 Å². The van der Waals surface area contributed by atoms with Crippen molar-refractivity contribution >= 4 is 33.9 Å². The van der Waals surface area contributed by atoms with Crippen molar-refractivity contribution in [2.45, 2.75) is 0 Å². The van der Waals surface area contributed by atoms with E-state index in [2.05, 4.69) is 20.3 Å². The van der Waals surface area contributed by atoms with Crippen LogP contribution in [-0.2, 0) is 7.05 Å². The third kappa shape index (κ3) is 2.30. The summed E-state index contributed by atoms with van der Waals surface area (Å²) in [6.45, 7) is 0. The van der Waals surface area contributed by atoms with Crippen molar-refractivity contribution in [1.29, 1.82) is 0 Å². The van der Waals surface area contributed by atoms with E-state index in [1.165, 1.54) is 12.1 Å². The van der Waals surface area contributed by atoms with Gasteiger partial charge in [0.15, 0.2) is 5.82 Å². The number of carboxylic acids is 1. The lowest BCUT2D eigenvalue weighted by atomic mass is 10.1.